The fraction of sp³-hybridized carbons (Fsp3) is 1.00. The Morgan fingerprint density at radius 2 is 1.89 bits per heavy atom. The zero-order valence-corrected chi connectivity index (χ0v) is 5.88. The predicted octanol–water partition coefficient (Wildman–Crippen LogP) is 0.762. The van der Waals surface area contributed by atoms with Crippen LogP contribution < -0.4 is 5.43 Å². The first-order valence-electron chi connectivity index (χ1n) is 3.80. The van der Waals surface area contributed by atoms with Crippen molar-refractivity contribution in [3.05, 3.63) is 0 Å². The number of hydrogen-bond donors (Lipinski definition) is 0. The van der Waals surface area contributed by atoms with Crippen molar-refractivity contribution in [2.45, 2.75) is 37.8 Å². The Kier molecular flexibility index (Phi) is 1.24. The van der Waals surface area contributed by atoms with Crippen molar-refractivity contribution in [1.82, 2.24) is 10.4 Å². The molecule has 2 bridgehead atoms. The van der Waals surface area contributed by atoms with Crippen LogP contribution in [-0.2, 0) is 0 Å². The molecule has 1 aliphatic carbocycles. The molecule has 0 atom stereocenters. The van der Waals surface area contributed by atoms with Crippen molar-refractivity contribution >= 4 is 0 Å². The van der Waals surface area contributed by atoms with Gasteiger partial charge in [0.05, 0.1) is 0 Å². The van der Waals surface area contributed by atoms with Crippen molar-refractivity contribution in [2.75, 3.05) is 7.05 Å². The third kappa shape index (κ3) is 0.864. The topological polar surface area (TPSA) is 17.3 Å². The molecule has 2 nitrogen and oxygen atoms in total. The highest BCUT2D eigenvalue weighted by Gasteiger charge is 2.31. The van der Waals surface area contributed by atoms with E-state index in [9.17, 15) is 0 Å². The smallest absolute Gasteiger partial charge is 0.0419 e. The quantitative estimate of drug-likeness (QED) is 0.467. The fourth-order valence-corrected chi connectivity index (χ4v) is 1.90. The molecule has 0 amide bonds. The minimum absolute atomic E-state index is 0.681. The summed E-state index contributed by atoms with van der Waals surface area (Å²) in [6.07, 6.45) is 5.44. The van der Waals surface area contributed by atoms with Crippen LogP contribution in [0.1, 0.15) is 25.7 Å². The molecule has 1 radical (unpaired) electrons. The molecular weight excluding hydrogens is 112 g/mol. The van der Waals surface area contributed by atoms with Crippen LogP contribution in [0.2, 0.25) is 0 Å². The van der Waals surface area contributed by atoms with E-state index in [2.05, 4.69) is 17.5 Å². The summed E-state index contributed by atoms with van der Waals surface area (Å²) >= 11 is 0. The summed E-state index contributed by atoms with van der Waals surface area (Å²) < 4.78 is 0. The fourth-order valence-electron chi connectivity index (χ4n) is 1.90. The monoisotopic (exact) mass is 125 g/mol. The summed E-state index contributed by atoms with van der Waals surface area (Å²) in [5, 5.41) is 2.16. The van der Waals surface area contributed by atoms with E-state index in [0.717, 1.165) is 6.04 Å². The van der Waals surface area contributed by atoms with Crippen molar-refractivity contribution in [3.63, 3.8) is 0 Å². The SMILES string of the molecule is CN1[N]C2CCC1CC2. The summed E-state index contributed by atoms with van der Waals surface area (Å²) in [6.45, 7) is 0. The molecule has 2 heteroatoms. The first-order valence-corrected chi connectivity index (χ1v) is 3.80. The van der Waals surface area contributed by atoms with E-state index >= 15 is 0 Å². The van der Waals surface area contributed by atoms with Crippen molar-refractivity contribution < 1.29 is 0 Å². The number of rotatable bonds is 0. The molecule has 3 fully saturated rings. The van der Waals surface area contributed by atoms with Crippen LogP contribution in [0.5, 0.6) is 0 Å². The van der Waals surface area contributed by atoms with Crippen LogP contribution in [0, 0.1) is 0 Å². The number of nitrogens with zero attached hydrogens (tertiary/aromatic N) is 2. The maximum atomic E-state index is 4.48. The minimum atomic E-state index is 0.681. The molecule has 0 aromatic rings. The number of fused-ring (bicyclic) bond motifs is 3. The van der Waals surface area contributed by atoms with Gasteiger partial charge in [-0.15, -0.1) is 0 Å². The van der Waals surface area contributed by atoms with Gasteiger partial charge in [0.2, 0.25) is 0 Å². The molecule has 1 saturated carbocycles. The van der Waals surface area contributed by atoms with Gasteiger partial charge in [0.25, 0.3) is 0 Å². The normalized spacial score (nSPS) is 43.7. The predicted molar refractivity (Wildman–Crippen MR) is 35.9 cm³/mol. The van der Waals surface area contributed by atoms with Gasteiger partial charge in [-0.3, -0.25) is 0 Å². The lowest BCUT2D eigenvalue weighted by Gasteiger charge is -2.42. The summed E-state index contributed by atoms with van der Waals surface area (Å²) in [5.41, 5.74) is 4.48. The van der Waals surface area contributed by atoms with Gasteiger partial charge in [-0.1, -0.05) is 0 Å². The van der Waals surface area contributed by atoms with E-state index in [0.29, 0.717) is 6.04 Å². The van der Waals surface area contributed by atoms with Crippen LogP contribution in [0.15, 0.2) is 0 Å². The standard InChI is InChI=1S/C7H13N2/c1-9-7-4-2-6(8-9)3-5-7/h6-7H,2-5H2,1H3. The van der Waals surface area contributed by atoms with Crippen LogP contribution in [0.3, 0.4) is 0 Å². The average molecular weight is 125 g/mol. The molecule has 2 saturated heterocycles. The molecule has 0 aromatic heterocycles. The lowest BCUT2D eigenvalue weighted by Crippen LogP contribution is -2.52. The Hall–Kier alpha value is -0.0800. The maximum Gasteiger partial charge on any atom is 0.0419 e. The first kappa shape index (κ1) is 5.69. The molecule has 3 aliphatic rings. The Labute approximate surface area is 56.2 Å². The average Bonchev–Trinajstić information content (AvgIpc) is 1.90. The summed E-state index contributed by atoms with van der Waals surface area (Å²) in [4.78, 5) is 0. The zero-order valence-electron chi connectivity index (χ0n) is 5.88. The van der Waals surface area contributed by atoms with Gasteiger partial charge in [-0.2, -0.15) is 5.43 Å². The van der Waals surface area contributed by atoms with E-state index in [1.54, 1.807) is 0 Å². The van der Waals surface area contributed by atoms with Crippen molar-refractivity contribution in [3.8, 4) is 0 Å². The molecule has 9 heavy (non-hydrogen) atoms. The lowest BCUT2D eigenvalue weighted by atomic mass is 9.89. The third-order valence-corrected chi connectivity index (χ3v) is 2.54. The van der Waals surface area contributed by atoms with Gasteiger partial charge in [-0.25, -0.2) is 5.01 Å². The molecule has 3 rings (SSSR count). The third-order valence-electron chi connectivity index (χ3n) is 2.54. The highest BCUT2D eigenvalue weighted by molar-refractivity contribution is 4.85. The van der Waals surface area contributed by atoms with E-state index in [4.69, 9.17) is 0 Å². The van der Waals surface area contributed by atoms with Crippen LogP contribution in [-0.4, -0.2) is 24.1 Å². The van der Waals surface area contributed by atoms with Gasteiger partial charge < -0.3 is 0 Å². The van der Waals surface area contributed by atoms with E-state index in [1.807, 2.05) is 0 Å². The first-order chi connectivity index (χ1) is 4.36. The van der Waals surface area contributed by atoms with Gasteiger partial charge in [0.1, 0.15) is 0 Å². The number of hydrogen-bond acceptors (Lipinski definition) is 1. The Morgan fingerprint density at radius 1 is 1.22 bits per heavy atom. The van der Waals surface area contributed by atoms with E-state index in [1.165, 1.54) is 25.7 Å². The van der Waals surface area contributed by atoms with Crippen molar-refractivity contribution in [2.24, 2.45) is 0 Å². The summed E-state index contributed by atoms with van der Waals surface area (Å²) in [7, 11) is 2.11. The van der Waals surface area contributed by atoms with Gasteiger partial charge in [0, 0.05) is 19.1 Å². The molecular formula is C7H13N2. The van der Waals surface area contributed by atoms with Gasteiger partial charge in [-0.05, 0) is 25.7 Å². The molecule has 2 heterocycles. The van der Waals surface area contributed by atoms with E-state index in [-0.39, 0.29) is 0 Å². The molecule has 0 N–H and O–H groups in total. The summed E-state index contributed by atoms with van der Waals surface area (Å²) in [6, 6.07) is 1.47. The van der Waals surface area contributed by atoms with Gasteiger partial charge >= 0.3 is 0 Å². The molecule has 2 aliphatic heterocycles. The second kappa shape index (κ2) is 1.96. The van der Waals surface area contributed by atoms with E-state index < -0.39 is 0 Å². The highest BCUT2D eigenvalue weighted by Crippen LogP contribution is 2.27. The van der Waals surface area contributed by atoms with Crippen LogP contribution in [0.4, 0.5) is 0 Å². The largest absolute Gasteiger partial charge is 0.227 e. The molecule has 0 aromatic carbocycles. The van der Waals surface area contributed by atoms with Crippen LogP contribution >= 0.6 is 0 Å². The minimum Gasteiger partial charge on any atom is -0.227 e. The molecule has 0 spiro atoms. The Morgan fingerprint density at radius 3 is 2.11 bits per heavy atom. The lowest BCUT2D eigenvalue weighted by molar-refractivity contribution is 0.0224. The van der Waals surface area contributed by atoms with Crippen LogP contribution in [0.25, 0.3) is 0 Å². The second-order valence-corrected chi connectivity index (χ2v) is 3.15. The van der Waals surface area contributed by atoms with Gasteiger partial charge in [0.15, 0.2) is 0 Å². The zero-order chi connectivity index (χ0) is 6.27. The molecule has 0 unspecified atom stereocenters. The Balaban J connectivity index is 2.06. The molecule has 51 valence electrons. The Bertz CT molecular complexity index is 105. The summed E-state index contributed by atoms with van der Waals surface area (Å²) in [5.74, 6) is 0. The second-order valence-electron chi connectivity index (χ2n) is 3.15. The maximum absolute atomic E-state index is 4.48. The highest BCUT2D eigenvalue weighted by atomic mass is 15.5. The van der Waals surface area contributed by atoms with Crippen molar-refractivity contribution in [1.29, 1.82) is 0 Å².